The van der Waals surface area contributed by atoms with Crippen LogP contribution in [0.3, 0.4) is 0 Å². The lowest BCUT2D eigenvalue weighted by molar-refractivity contribution is 0.0697. The zero-order valence-electron chi connectivity index (χ0n) is 7.43. The molecule has 5 nitrogen and oxygen atoms in total. The van der Waals surface area contributed by atoms with Crippen LogP contribution in [-0.2, 0) is 0 Å². The molecule has 0 radical (unpaired) electrons. The summed E-state index contributed by atoms with van der Waals surface area (Å²) in [5, 5.41) is 29.4. The van der Waals surface area contributed by atoms with Gasteiger partial charge in [-0.2, -0.15) is 0 Å². The van der Waals surface area contributed by atoms with Gasteiger partial charge in [0, 0.05) is 5.56 Å². The molecule has 0 aliphatic rings. The standard InChI is InChI=1S/C9H9NO4/c1-5(10-14)7-4-6(9(12)13)2-3-8(7)11/h2-4,11,14H,1H3,(H,12,13)/b10-5+. The summed E-state index contributed by atoms with van der Waals surface area (Å²) in [5.41, 5.74) is 0.388. The normalized spacial score (nSPS) is 11.4. The number of hydrogen-bond donors (Lipinski definition) is 3. The summed E-state index contributed by atoms with van der Waals surface area (Å²) < 4.78 is 0. The predicted molar refractivity (Wildman–Crippen MR) is 49.1 cm³/mol. The van der Waals surface area contributed by atoms with Crippen molar-refractivity contribution in [1.82, 2.24) is 0 Å². The third-order valence-corrected chi connectivity index (χ3v) is 1.78. The Morgan fingerprint density at radius 3 is 2.57 bits per heavy atom. The number of carboxylic acid groups (broad SMARTS) is 1. The van der Waals surface area contributed by atoms with Crippen molar-refractivity contribution in [3.63, 3.8) is 0 Å². The average molecular weight is 195 g/mol. The number of carbonyl (C=O) groups is 1. The maximum absolute atomic E-state index is 10.6. The number of aromatic hydroxyl groups is 1. The van der Waals surface area contributed by atoms with E-state index in [0.29, 0.717) is 0 Å². The Kier molecular flexibility index (Phi) is 2.71. The Morgan fingerprint density at radius 2 is 2.07 bits per heavy atom. The van der Waals surface area contributed by atoms with Crippen LogP contribution in [-0.4, -0.2) is 27.1 Å². The van der Waals surface area contributed by atoms with Crippen molar-refractivity contribution in [3.8, 4) is 5.75 Å². The van der Waals surface area contributed by atoms with Gasteiger partial charge in [-0.15, -0.1) is 0 Å². The van der Waals surface area contributed by atoms with Gasteiger partial charge in [0.15, 0.2) is 0 Å². The number of nitrogens with zero attached hydrogens (tertiary/aromatic N) is 1. The van der Waals surface area contributed by atoms with Crippen molar-refractivity contribution in [2.24, 2.45) is 5.16 Å². The fourth-order valence-electron chi connectivity index (χ4n) is 1.01. The van der Waals surface area contributed by atoms with Crippen molar-refractivity contribution in [2.75, 3.05) is 0 Å². The molecule has 0 saturated carbocycles. The zero-order chi connectivity index (χ0) is 10.7. The molecule has 0 fully saturated rings. The van der Waals surface area contributed by atoms with Gasteiger partial charge in [-0.05, 0) is 25.1 Å². The van der Waals surface area contributed by atoms with Crippen molar-refractivity contribution in [2.45, 2.75) is 6.92 Å². The number of benzene rings is 1. The summed E-state index contributed by atoms with van der Waals surface area (Å²) in [6.45, 7) is 1.46. The molecule has 0 amide bonds. The molecule has 14 heavy (non-hydrogen) atoms. The molecule has 0 aliphatic heterocycles. The lowest BCUT2D eigenvalue weighted by Crippen LogP contribution is -2.01. The van der Waals surface area contributed by atoms with Crippen molar-refractivity contribution >= 4 is 11.7 Å². The van der Waals surface area contributed by atoms with Gasteiger partial charge in [-0.3, -0.25) is 0 Å². The Hall–Kier alpha value is -2.04. The van der Waals surface area contributed by atoms with Crippen molar-refractivity contribution < 1.29 is 20.2 Å². The van der Waals surface area contributed by atoms with Crippen LogP contribution < -0.4 is 0 Å². The molecule has 0 unspecified atom stereocenters. The summed E-state index contributed by atoms with van der Waals surface area (Å²) in [6, 6.07) is 3.76. The van der Waals surface area contributed by atoms with Crippen LogP contribution in [0.1, 0.15) is 22.8 Å². The SMILES string of the molecule is C/C(=N\O)c1cc(C(=O)O)ccc1O. The Bertz CT molecular complexity index is 398. The minimum absolute atomic E-state index is 0.0285. The molecule has 74 valence electrons. The summed E-state index contributed by atoms with van der Waals surface area (Å²) in [6.07, 6.45) is 0. The average Bonchev–Trinajstić information content (AvgIpc) is 2.17. The second-order valence-electron chi connectivity index (χ2n) is 2.72. The molecule has 0 saturated heterocycles. The molecule has 0 spiro atoms. The van der Waals surface area contributed by atoms with Crippen molar-refractivity contribution in [1.29, 1.82) is 0 Å². The maximum Gasteiger partial charge on any atom is 0.335 e. The summed E-state index contributed by atoms with van der Waals surface area (Å²) in [4.78, 5) is 10.6. The fraction of sp³-hybridized carbons (Fsp3) is 0.111. The molecule has 1 rings (SSSR count). The Balaban J connectivity index is 3.28. The lowest BCUT2D eigenvalue weighted by Gasteiger charge is -2.03. The molecule has 0 aliphatic carbocycles. The van der Waals surface area contributed by atoms with Crippen LogP contribution in [0.25, 0.3) is 0 Å². The topological polar surface area (TPSA) is 90.1 Å². The van der Waals surface area contributed by atoms with E-state index in [1.165, 1.54) is 25.1 Å². The molecule has 1 aromatic carbocycles. The van der Waals surface area contributed by atoms with Gasteiger partial charge in [0.2, 0.25) is 0 Å². The third-order valence-electron chi connectivity index (χ3n) is 1.78. The summed E-state index contributed by atoms with van der Waals surface area (Å²) in [5.74, 6) is -1.22. The Morgan fingerprint density at radius 1 is 1.43 bits per heavy atom. The second kappa shape index (κ2) is 3.78. The van der Waals surface area contributed by atoms with E-state index in [9.17, 15) is 9.90 Å². The fourth-order valence-corrected chi connectivity index (χ4v) is 1.01. The summed E-state index contributed by atoms with van der Waals surface area (Å²) in [7, 11) is 0. The van der Waals surface area contributed by atoms with E-state index in [4.69, 9.17) is 10.3 Å². The Labute approximate surface area is 79.9 Å². The van der Waals surface area contributed by atoms with Gasteiger partial charge < -0.3 is 15.4 Å². The first-order valence-corrected chi connectivity index (χ1v) is 3.81. The van der Waals surface area contributed by atoms with E-state index < -0.39 is 5.97 Å². The van der Waals surface area contributed by atoms with Crippen LogP contribution in [0.5, 0.6) is 5.75 Å². The molecular weight excluding hydrogens is 186 g/mol. The van der Waals surface area contributed by atoms with E-state index in [1.54, 1.807) is 0 Å². The highest BCUT2D eigenvalue weighted by Crippen LogP contribution is 2.19. The number of hydrogen-bond acceptors (Lipinski definition) is 4. The monoisotopic (exact) mass is 195 g/mol. The summed E-state index contributed by atoms with van der Waals surface area (Å²) >= 11 is 0. The van der Waals surface area contributed by atoms with E-state index in [2.05, 4.69) is 5.16 Å². The molecule has 0 aromatic heterocycles. The van der Waals surface area contributed by atoms with Gasteiger partial charge in [0.05, 0.1) is 11.3 Å². The molecule has 5 heteroatoms. The minimum atomic E-state index is -1.10. The van der Waals surface area contributed by atoms with Crippen LogP contribution in [0, 0.1) is 0 Å². The van der Waals surface area contributed by atoms with E-state index in [0.717, 1.165) is 0 Å². The van der Waals surface area contributed by atoms with Gasteiger partial charge in [0.1, 0.15) is 5.75 Å². The van der Waals surface area contributed by atoms with E-state index in [1.807, 2.05) is 0 Å². The lowest BCUT2D eigenvalue weighted by atomic mass is 10.1. The number of oxime groups is 1. The molecule has 1 aromatic rings. The molecule has 3 N–H and O–H groups in total. The number of rotatable bonds is 2. The van der Waals surface area contributed by atoms with E-state index in [-0.39, 0.29) is 22.6 Å². The number of phenols is 1. The van der Waals surface area contributed by atoms with E-state index >= 15 is 0 Å². The first kappa shape index (κ1) is 10.0. The van der Waals surface area contributed by atoms with Crippen LogP contribution >= 0.6 is 0 Å². The number of aromatic carboxylic acids is 1. The highest BCUT2D eigenvalue weighted by molar-refractivity contribution is 6.02. The zero-order valence-corrected chi connectivity index (χ0v) is 7.43. The largest absolute Gasteiger partial charge is 0.507 e. The predicted octanol–water partition coefficient (Wildman–Crippen LogP) is 1.29. The quantitative estimate of drug-likeness (QED) is 0.376. The maximum atomic E-state index is 10.6. The van der Waals surface area contributed by atoms with Gasteiger partial charge >= 0.3 is 5.97 Å². The highest BCUT2D eigenvalue weighted by atomic mass is 16.4. The van der Waals surface area contributed by atoms with Crippen LogP contribution in [0.2, 0.25) is 0 Å². The van der Waals surface area contributed by atoms with Gasteiger partial charge in [-0.25, -0.2) is 4.79 Å². The molecule has 0 bridgehead atoms. The van der Waals surface area contributed by atoms with Crippen LogP contribution in [0.4, 0.5) is 0 Å². The second-order valence-corrected chi connectivity index (χ2v) is 2.72. The van der Waals surface area contributed by atoms with Gasteiger partial charge in [0.25, 0.3) is 0 Å². The molecule has 0 atom stereocenters. The van der Waals surface area contributed by atoms with Crippen LogP contribution in [0.15, 0.2) is 23.4 Å². The third kappa shape index (κ3) is 1.82. The smallest absolute Gasteiger partial charge is 0.335 e. The molecular formula is C9H9NO4. The first-order chi connectivity index (χ1) is 6.56. The first-order valence-electron chi connectivity index (χ1n) is 3.81. The minimum Gasteiger partial charge on any atom is -0.507 e. The number of carboxylic acids is 1. The van der Waals surface area contributed by atoms with Gasteiger partial charge in [-0.1, -0.05) is 5.16 Å². The molecule has 0 heterocycles. The number of phenolic OH excluding ortho intramolecular Hbond substituents is 1. The van der Waals surface area contributed by atoms with Crippen molar-refractivity contribution in [3.05, 3.63) is 29.3 Å². The highest BCUT2D eigenvalue weighted by Gasteiger charge is 2.09.